The van der Waals surface area contributed by atoms with Crippen molar-refractivity contribution in [2.24, 2.45) is 0 Å². The first-order valence-electron chi connectivity index (χ1n) is 11.1. The van der Waals surface area contributed by atoms with Gasteiger partial charge in [0.05, 0.1) is 27.9 Å². The van der Waals surface area contributed by atoms with E-state index in [0.29, 0.717) is 12.1 Å². The summed E-state index contributed by atoms with van der Waals surface area (Å²) in [7, 11) is 0. The zero-order chi connectivity index (χ0) is 24.1. The number of carbonyl (C=O) groups is 1. The Hall–Kier alpha value is -3.07. The number of para-hydroxylation sites is 1. The van der Waals surface area contributed by atoms with E-state index in [-0.39, 0.29) is 27.9 Å². The average molecular weight is 488 g/mol. The molecular weight excluding hydrogens is 463 g/mol. The molecular formula is C25H24F3N3O2S. The van der Waals surface area contributed by atoms with E-state index >= 15 is 0 Å². The molecule has 1 N–H and O–H groups in total. The minimum Gasteiger partial charge on any atom is -0.355 e. The number of alkyl halides is 3. The molecule has 0 radical (unpaired) electrons. The monoisotopic (exact) mass is 487 g/mol. The third-order valence-electron chi connectivity index (χ3n) is 5.66. The summed E-state index contributed by atoms with van der Waals surface area (Å²) in [4.78, 5) is 30.1. The zero-order valence-electron chi connectivity index (χ0n) is 18.4. The van der Waals surface area contributed by atoms with Crippen LogP contribution in [0.25, 0.3) is 16.6 Å². The lowest BCUT2D eigenvalue weighted by atomic mass is 9.97. The summed E-state index contributed by atoms with van der Waals surface area (Å²) in [6.07, 6.45) is 3.02. The van der Waals surface area contributed by atoms with E-state index in [1.807, 2.05) is 0 Å². The van der Waals surface area contributed by atoms with E-state index in [2.05, 4.69) is 16.4 Å². The number of nitrogens with zero attached hydrogens (tertiary/aromatic N) is 2. The van der Waals surface area contributed by atoms with Gasteiger partial charge in [-0.2, -0.15) is 13.2 Å². The highest BCUT2D eigenvalue weighted by Gasteiger charge is 2.31. The molecule has 0 fully saturated rings. The molecule has 5 nitrogen and oxygen atoms in total. The van der Waals surface area contributed by atoms with Gasteiger partial charge in [-0.1, -0.05) is 41.6 Å². The molecule has 0 atom stereocenters. The van der Waals surface area contributed by atoms with Crippen molar-refractivity contribution >= 4 is 28.6 Å². The molecule has 0 saturated carbocycles. The fourth-order valence-corrected chi connectivity index (χ4v) is 4.78. The number of fused-ring (bicyclic) bond motifs is 1. The molecule has 4 rings (SSSR count). The quantitative estimate of drug-likeness (QED) is 0.271. The van der Waals surface area contributed by atoms with Crippen LogP contribution in [0.2, 0.25) is 0 Å². The van der Waals surface area contributed by atoms with Crippen molar-refractivity contribution in [1.29, 1.82) is 0 Å². The second-order valence-electron chi connectivity index (χ2n) is 8.10. The van der Waals surface area contributed by atoms with Crippen LogP contribution in [0.5, 0.6) is 0 Å². The first-order chi connectivity index (χ1) is 16.3. The molecule has 0 bridgehead atoms. The van der Waals surface area contributed by atoms with Crippen LogP contribution >= 0.6 is 11.8 Å². The van der Waals surface area contributed by atoms with Crippen molar-refractivity contribution in [3.05, 3.63) is 76.1 Å². The predicted molar refractivity (Wildman–Crippen MR) is 127 cm³/mol. The molecule has 9 heteroatoms. The molecule has 0 saturated heterocycles. The highest BCUT2D eigenvalue weighted by Crippen LogP contribution is 2.31. The maximum absolute atomic E-state index is 13.3. The Morgan fingerprint density at radius 2 is 1.94 bits per heavy atom. The summed E-state index contributed by atoms with van der Waals surface area (Å²) >= 11 is 1.02. The molecule has 1 aliphatic carbocycles. The Kier molecular flexibility index (Phi) is 7.41. The first-order valence-corrected chi connectivity index (χ1v) is 12.1. The lowest BCUT2D eigenvalue weighted by Crippen LogP contribution is -2.27. The van der Waals surface area contributed by atoms with Crippen molar-refractivity contribution in [2.45, 2.75) is 43.4 Å². The number of thioether (sulfide) groups is 1. The normalized spacial score (nSPS) is 14.1. The molecule has 0 unspecified atom stereocenters. The summed E-state index contributed by atoms with van der Waals surface area (Å²) in [6, 6.07) is 11.2. The van der Waals surface area contributed by atoms with Gasteiger partial charge in [0.1, 0.15) is 0 Å². The molecule has 3 aromatic rings. The van der Waals surface area contributed by atoms with Gasteiger partial charge >= 0.3 is 6.18 Å². The number of rotatable bonds is 7. The van der Waals surface area contributed by atoms with Crippen LogP contribution in [-0.2, 0) is 11.0 Å². The third-order valence-corrected chi connectivity index (χ3v) is 6.60. The van der Waals surface area contributed by atoms with E-state index in [9.17, 15) is 22.8 Å². The Bertz CT molecular complexity index is 1280. The SMILES string of the molecule is O=C(CSc1nc2ccccc2c(=O)n1-c1cccc(C(F)(F)F)c1)NCCC1=CCCCC1. The maximum atomic E-state index is 13.3. The van der Waals surface area contributed by atoms with Crippen LogP contribution in [-0.4, -0.2) is 27.8 Å². The molecule has 0 aliphatic heterocycles. The number of hydrogen-bond donors (Lipinski definition) is 1. The Balaban J connectivity index is 1.57. The fourth-order valence-electron chi connectivity index (χ4n) is 3.93. The number of benzene rings is 2. The Morgan fingerprint density at radius 1 is 1.12 bits per heavy atom. The van der Waals surface area contributed by atoms with Gasteiger partial charge in [0.2, 0.25) is 5.91 Å². The summed E-state index contributed by atoms with van der Waals surface area (Å²) in [5, 5.41) is 3.32. The smallest absolute Gasteiger partial charge is 0.355 e. The zero-order valence-corrected chi connectivity index (χ0v) is 19.2. The molecule has 2 aromatic carbocycles. The van der Waals surface area contributed by atoms with Crippen LogP contribution in [0, 0.1) is 0 Å². The van der Waals surface area contributed by atoms with Crippen LogP contribution in [0.15, 0.2) is 70.1 Å². The number of nitrogens with one attached hydrogen (secondary N) is 1. The molecule has 34 heavy (non-hydrogen) atoms. The minimum absolute atomic E-state index is 0.0111. The first kappa shape index (κ1) is 24.1. The van der Waals surface area contributed by atoms with Crippen LogP contribution in [0.3, 0.4) is 0 Å². The average Bonchev–Trinajstić information content (AvgIpc) is 2.83. The standard InChI is InChI=1S/C25H24F3N3O2S/c26-25(27,28)18-9-6-10-19(15-18)31-23(33)20-11-4-5-12-21(20)30-24(31)34-16-22(32)29-14-13-17-7-2-1-3-8-17/h4-7,9-12,15H,1-3,8,13-14,16H2,(H,29,32). The summed E-state index contributed by atoms with van der Waals surface area (Å²) < 4.78 is 41.0. The Morgan fingerprint density at radius 3 is 2.71 bits per heavy atom. The van der Waals surface area contributed by atoms with E-state index in [1.54, 1.807) is 24.3 Å². The molecule has 1 heterocycles. The number of hydrogen-bond acceptors (Lipinski definition) is 4. The fraction of sp³-hybridized carbons (Fsp3) is 0.320. The van der Waals surface area contributed by atoms with Gasteiger partial charge in [0.15, 0.2) is 5.16 Å². The Labute approximate surface area is 199 Å². The number of halogens is 3. The van der Waals surface area contributed by atoms with E-state index in [1.165, 1.54) is 30.5 Å². The second-order valence-corrected chi connectivity index (χ2v) is 9.04. The van der Waals surface area contributed by atoms with Crippen molar-refractivity contribution in [3.63, 3.8) is 0 Å². The van der Waals surface area contributed by atoms with Gasteiger partial charge in [-0.25, -0.2) is 4.98 Å². The van der Waals surface area contributed by atoms with Crippen LogP contribution in [0.4, 0.5) is 13.2 Å². The largest absolute Gasteiger partial charge is 0.416 e. The van der Waals surface area contributed by atoms with Crippen molar-refractivity contribution in [1.82, 2.24) is 14.9 Å². The topological polar surface area (TPSA) is 64.0 Å². The van der Waals surface area contributed by atoms with Gasteiger partial charge in [0.25, 0.3) is 5.56 Å². The number of aromatic nitrogens is 2. The lowest BCUT2D eigenvalue weighted by molar-refractivity contribution is -0.137. The number of carbonyl (C=O) groups excluding carboxylic acids is 1. The highest BCUT2D eigenvalue weighted by atomic mass is 32.2. The summed E-state index contributed by atoms with van der Waals surface area (Å²) in [5.74, 6) is -0.234. The minimum atomic E-state index is -4.55. The second kappa shape index (κ2) is 10.5. The van der Waals surface area contributed by atoms with Crippen molar-refractivity contribution < 1.29 is 18.0 Å². The van der Waals surface area contributed by atoms with Gasteiger partial charge in [-0.05, 0) is 62.4 Å². The number of amides is 1. The number of allylic oxidation sites excluding steroid dienone is 1. The van der Waals surface area contributed by atoms with E-state index in [0.717, 1.165) is 47.7 Å². The van der Waals surface area contributed by atoms with Gasteiger partial charge in [0, 0.05) is 6.54 Å². The van der Waals surface area contributed by atoms with Gasteiger partial charge < -0.3 is 5.32 Å². The molecule has 1 aromatic heterocycles. The van der Waals surface area contributed by atoms with E-state index < -0.39 is 17.3 Å². The van der Waals surface area contributed by atoms with Gasteiger partial charge in [-0.15, -0.1) is 0 Å². The molecule has 1 amide bonds. The third kappa shape index (κ3) is 5.70. The van der Waals surface area contributed by atoms with E-state index in [4.69, 9.17) is 0 Å². The van der Waals surface area contributed by atoms with Gasteiger partial charge in [-0.3, -0.25) is 14.2 Å². The van der Waals surface area contributed by atoms with Crippen LogP contribution < -0.4 is 10.9 Å². The summed E-state index contributed by atoms with van der Waals surface area (Å²) in [6.45, 7) is 0.525. The highest BCUT2D eigenvalue weighted by molar-refractivity contribution is 7.99. The van der Waals surface area contributed by atoms with Crippen molar-refractivity contribution in [3.8, 4) is 5.69 Å². The molecule has 1 aliphatic rings. The maximum Gasteiger partial charge on any atom is 0.416 e. The van der Waals surface area contributed by atoms with Crippen LogP contribution in [0.1, 0.15) is 37.7 Å². The van der Waals surface area contributed by atoms with Crippen molar-refractivity contribution in [2.75, 3.05) is 12.3 Å². The lowest BCUT2D eigenvalue weighted by Gasteiger charge is -2.15. The molecule has 178 valence electrons. The predicted octanol–water partition coefficient (Wildman–Crippen LogP) is 5.50. The summed E-state index contributed by atoms with van der Waals surface area (Å²) in [5.41, 5.74) is 0.467. The molecule has 0 spiro atoms.